The summed E-state index contributed by atoms with van der Waals surface area (Å²) < 4.78 is 11.5. The van der Waals surface area contributed by atoms with Crippen molar-refractivity contribution in [2.24, 2.45) is 0 Å². The molecule has 0 fully saturated rings. The fourth-order valence-corrected chi connectivity index (χ4v) is 3.09. The second kappa shape index (κ2) is 11.4. The maximum absolute atomic E-state index is 12.6. The molecule has 0 aliphatic rings. The van der Waals surface area contributed by atoms with E-state index in [1.54, 1.807) is 7.11 Å². The monoisotopic (exact) mass is 383 g/mol. The number of ether oxygens (including phenoxy) is 2. The summed E-state index contributed by atoms with van der Waals surface area (Å²) in [4.78, 5) is 14.6. The number of amides is 1. The average Bonchev–Trinajstić information content (AvgIpc) is 2.71. The predicted octanol–water partition coefficient (Wildman–Crippen LogP) is 5.59. The van der Waals surface area contributed by atoms with Gasteiger partial charge in [0, 0.05) is 19.0 Å². The zero-order valence-electron chi connectivity index (χ0n) is 17.6. The Balaban J connectivity index is 2.05. The van der Waals surface area contributed by atoms with Crippen LogP contribution in [0.2, 0.25) is 0 Å². The molecule has 0 aliphatic carbocycles. The lowest BCUT2D eigenvalue weighted by Gasteiger charge is -2.27. The molecule has 2 aromatic rings. The van der Waals surface area contributed by atoms with Crippen LogP contribution in [0.1, 0.15) is 57.6 Å². The van der Waals surface area contributed by atoms with Gasteiger partial charge in [0.1, 0.15) is 6.61 Å². The highest BCUT2D eigenvalue weighted by molar-refractivity contribution is 5.76. The van der Waals surface area contributed by atoms with E-state index in [9.17, 15) is 4.79 Å². The molecule has 0 N–H and O–H groups in total. The molecule has 0 aliphatic heterocycles. The van der Waals surface area contributed by atoms with Crippen LogP contribution in [0.25, 0.3) is 0 Å². The minimum atomic E-state index is 0.161. The number of unbranched alkanes of at least 4 members (excludes halogenated alkanes) is 2. The van der Waals surface area contributed by atoms with Gasteiger partial charge < -0.3 is 14.4 Å². The summed E-state index contributed by atoms with van der Waals surface area (Å²) in [5.74, 6) is 1.61. The van der Waals surface area contributed by atoms with Crippen molar-refractivity contribution in [3.63, 3.8) is 0 Å². The second-order valence-electron chi connectivity index (χ2n) is 7.33. The summed E-state index contributed by atoms with van der Waals surface area (Å²) in [7, 11) is 1.64. The van der Waals surface area contributed by atoms with Gasteiger partial charge in [-0.25, -0.2) is 0 Å². The Morgan fingerprint density at radius 1 is 1.00 bits per heavy atom. The number of nitrogens with zero attached hydrogens (tertiary/aromatic N) is 1. The van der Waals surface area contributed by atoms with Gasteiger partial charge in [0.05, 0.1) is 7.11 Å². The van der Waals surface area contributed by atoms with Gasteiger partial charge in [-0.2, -0.15) is 0 Å². The molecule has 0 spiro atoms. The van der Waals surface area contributed by atoms with E-state index < -0.39 is 0 Å². The fraction of sp³-hybridized carbons (Fsp3) is 0.458. The first-order valence-electron chi connectivity index (χ1n) is 10.2. The van der Waals surface area contributed by atoms with E-state index >= 15 is 0 Å². The number of hydrogen-bond donors (Lipinski definition) is 0. The van der Waals surface area contributed by atoms with Gasteiger partial charge in [0.15, 0.2) is 11.5 Å². The molecule has 0 unspecified atom stereocenters. The molecule has 2 aromatic carbocycles. The first-order valence-corrected chi connectivity index (χ1v) is 10.2. The van der Waals surface area contributed by atoms with Gasteiger partial charge in [-0.15, -0.1) is 0 Å². The summed E-state index contributed by atoms with van der Waals surface area (Å²) >= 11 is 0. The standard InChI is InChI=1S/C24H33NO3/c1-5-6-8-13-24(26)25(19(2)3)17-21-14-15-22(23(16-21)27-4)28-18-20-11-9-7-10-12-20/h7,9-12,14-16,19H,5-6,8,13,17-18H2,1-4H3. The van der Waals surface area contributed by atoms with E-state index in [0.29, 0.717) is 31.1 Å². The van der Waals surface area contributed by atoms with Crippen molar-refractivity contribution in [2.75, 3.05) is 7.11 Å². The highest BCUT2D eigenvalue weighted by Gasteiger charge is 2.18. The Morgan fingerprint density at radius 3 is 2.39 bits per heavy atom. The minimum absolute atomic E-state index is 0.161. The van der Waals surface area contributed by atoms with Crippen molar-refractivity contribution in [1.29, 1.82) is 0 Å². The molecule has 0 saturated heterocycles. The van der Waals surface area contributed by atoms with E-state index in [1.807, 2.05) is 53.4 Å². The van der Waals surface area contributed by atoms with Crippen molar-refractivity contribution < 1.29 is 14.3 Å². The normalized spacial score (nSPS) is 10.8. The second-order valence-corrected chi connectivity index (χ2v) is 7.33. The van der Waals surface area contributed by atoms with Crippen LogP contribution in [0, 0.1) is 0 Å². The summed E-state index contributed by atoms with van der Waals surface area (Å²) in [5.41, 5.74) is 2.15. The number of benzene rings is 2. The zero-order chi connectivity index (χ0) is 20.4. The molecule has 0 heterocycles. The van der Waals surface area contributed by atoms with Crippen LogP contribution in [0.3, 0.4) is 0 Å². The van der Waals surface area contributed by atoms with Crippen molar-refractivity contribution >= 4 is 5.91 Å². The number of rotatable bonds is 11. The lowest BCUT2D eigenvalue weighted by molar-refractivity contribution is -0.133. The van der Waals surface area contributed by atoms with Gasteiger partial charge in [-0.1, -0.05) is 56.2 Å². The van der Waals surface area contributed by atoms with Crippen LogP contribution in [0.15, 0.2) is 48.5 Å². The topological polar surface area (TPSA) is 38.8 Å². The molecule has 0 radical (unpaired) electrons. The van der Waals surface area contributed by atoms with Crippen LogP contribution in [0.5, 0.6) is 11.5 Å². The fourth-order valence-electron chi connectivity index (χ4n) is 3.09. The highest BCUT2D eigenvalue weighted by atomic mass is 16.5. The molecule has 152 valence electrons. The van der Waals surface area contributed by atoms with Crippen LogP contribution < -0.4 is 9.47 Å². The third-order valence-corrected chi connectivity index (χ3v) is 4.76. The minimum Gasteiger partial charge on any atom is -0.493 e. The zero-order valence-corrected chi connectivity index (χ0v) is 17.6. The van der Waals surface area contributed by atoms with Crippen molar-refractivity contribution in [2.45, 2.75) is 65.6 Å². The molecule has 28 heavy (non-hydrogen) atoms. The smallest absolute Gasteiger partial charge is 0.223 e. The summed E-state index contributed by atoms with van der Waals surface area (Å²) in [5, 5.41) is 0. The maximum atomic E-state index is 12.6. The molecule has 2 rings (SSSR count). The lowest BCUT2D eigenvalue weighted by Crippen LogP contribution is -2.36. The molecule has 1 amide bonds. The Bertz CT molecular complexity index is 728. The number of hydrogen-bond acceptors (Lipinski definition) is 3. The predicted molar refractivity (Wildman–Crippen MR) is 114 cm³/mol. The Kier molecular flexibility index (Phi) is 8.86. The van der Waals surface area contributed by atoms with Crippen LogP contribution in [0.4, 0.5) is 0 Å². The molecule has 4 heteroatoms. The van der Waals surface area contributed by atoms with E-state index in [2.05, 4.69) is 20.8 Å². The van der Waals surface area contributed by atoms with Gasteiger partial charge in [-0.3, -0.25) is 4.79 Å². The third kappa shape index (κ3) is 6.59. The van der Waals surface area contributed by atoms with Gasteiger partial charge in [0.25, 0.3) is 0 Å². The van der Waals surface area contributed by atoms with E-state index in [1.165, 1.54) is 0 Å². The molecule has 4 nitrogen and oxygen atoms in total. The van der Waals surface area contributed by atoms with E-state index in [4.69, 9.17) is 9.47 Å². The summed E-state index contributed by atoms with van der Waals surface area (Å²) in [6.45, 7) is 7.35. The summed E-state index contributed by atoms with van der Waals surface area (Å²) in [6.07, 6.45) is 3.78. The quantitative estimate of drug-likeness (QED) is 0.475. The van der Waals surface area contributed by atoms with Crippen molar-refractivity contribution in [3.8, 4) is 11.5 Å². The summed E-state index contributed by atoms with van der Waals surface area (Å²) in [6, 6.07) is 16.1. The molecule has 0 aromatic heterocycles. The lowest BCUT2D eigenvalue weighted by atomic mass is 10.1. The maximum Gasteiger partial charge on any atom is 0.223 e. The third-order valence-electron chi connectivity index (χ3n) is 4.76. The average molecular weight is 384 g/mol. The Morgan fingerprint density at radius 2 is 1.75 bits per heavy atom. The SMILES string of the molecule is CCCCCC(=O)N(Cc1ccc(OCc2ccccc2)c(OC)c1)C(C)C. The van der Waals surface area contributed by atoms with Crippen LogP contribution in [-0.2, 0) is 17.9 Å². The van der Waals surface area contributed by atoms with Crippen molar-refractivity contribution in [3.05, 3.63) is 59.7 Å². The Hall–Kier alpha value is -2.49. The first kappa shape index (κ1) is 21.8. The number of methoxy groups -OCH3 is 1. The molecule has 0 saturated carbocycles. The number of carbonyl (C=O) groups is 1. The first-order chi connectivity index (χ1) is 13.5. The number of carbonyl (C=O) groups excluding carboxylic acids is 1. The van der Waals surface area contributed by atoms with Gasteiger partial charge in [-0.05, 0) is 43.5 Å². The van der Waals surface area contributed by atoms with Crippen LogP contribution >= 0.6 is 0 Å². The molecule has 0 atom stereocenters. The molecule has 0 bridgehead atoms. The molecular weight excluding hydrogens is 350 g/mol. The van der Waals surface area contributed by atoms with Crippen LogP contribution in [-0.4, -0.2) is 24.0 Å². The van der Waals surface area contributed by atoms with Gasteiger partial charge in [0.2, 0.25) is 5.91 Å². The highest BCUT2D eigenvalue weighted by Crippen LogP contribution is 2.29. The molecular formula is C24H33NO3. The van der Waals surface area contributed by atoms with Crippen molar-refractivity contribution in [1.82, 2.24) is 4.90 Å². The van der Waals surface area contributed by atoms with E-state index in [0.717, 1.165) is 30.4 Å². The largest absolute Gasteiger partial charge is 0.493 e. The van der Waals surface area contributed by atoms with E-state index in [-0.39, 0.29) is 11.9 Å². The Labute approximate surface area is 169 Å². The van der Waals surface area contributed by atoms with Gasteiger partial charge >= 0.3 is 0 Å².